The second-order valence-corrected chi connectivity index (χ2v) is 9.09. The minimum atomic E-state index is -4.27. The van der Waals surface area contributed by atoms with Crippen molar-refractivity contribution in [2.75, 3.05) is 5.32 Å². The number of nitrogens with one attached hydrogen (secondary N) is 2. The predicted molar refractivity (Wildman–Crippen MR) is 112 cm³/mol. The third-order valence-corrected chi connectivity index (χ3v) is 6.20. The lowest BCUT2D eigenvalue weighted by molar-refractivity contribution is -0.158. The molecule has 13 heteroatoms. The van der Waals surface area contributed by atoms with Crippen LogP contribution >= 0.6 is 23.2 Å². The molecule has 1 aromatic carbocycles. The fourth-order valence-electron chi connectivity index (χ4n) is 2.39. The van der Waals surface area contributed by atoms with E-state index >= 15 is 0 Å². The molecule has 1 heterocycles. The van der Waals surface area contributed by atoms with E-state index in [4.69, 9.17) is 32.5 Å². The number of nitrogens with zero attached hydrogens (tertiary/aromatic N) is 1. The van der Waals surface area contributed by atoms with Crippen LogP contribution in [-0.4, -0.2) is 48.8 Å². The van der Waals surface area contributed by atoms with E-state index in [0.29, 0.717) is 5.76 Å². The van der Waals surface area contributed by atoms with Gasteiger partial charge in [-0.05, 0) is 38.5 Å². The van der Waals surface area contributed by atoms with Crippen LogP contribution in [0.5, 0.6) is 0 Å². The highest BCUT2D eigenvalue weighted by molar-refractivity contribution is 7.89. The van der Waals surface area contributed by atoms with Gasteiger partial charge in [-0.2, -0.15) is 4.72 Å². The van der Waals surface area contributed by atoms with Gasteiger partial charge in [0.1, 0.15) is 11.8 Å². The van der Waals surface area contributed by atoms with Crippen molar-refractivity contribution in [1.82, 2.24) is 9.88 Å². The van der Waals surface area contributed by atoms with E-state index in [1.54, 1.807) is 13.8 Å². The van der Waals surface area contributed by atoms with Crippen LogP contribution in [-0.2, 0) is 24.3 Å². The minimum absolute atomic E-state index is 0.00785. The Labute approximate surface area is 188 Å². The number of aromatic nitrogens is 1. The van der Waals surface area contributed by atoms with Crippen LogP contribution in [0.3, 0.4) is 0 Å². The van der Waals surface area contributed by atoms with Gasteiger partial charge in [0.05, 0.1) is 21.0 Å². The van der Waals surface area contributed by atoms with Gasteiger partial charge in [-0.3, -0.25) is 9.59 Å². The van der Waals surface area contributed by atoms with Crippen LogP contribution in [0.15, 0.2) is 33.7 Å². The Balaban J connectivity index is 2.14. The first kappa shape index (κ1) is 25.1. The summed E-state index contributed by atoms with van der Waals surface area (Å²) in [5.41, 5.74) is 0. The van der Waals surface area contributed by atoms with Gasteiger partial charge in [0.15, 0.2) is 11.9 Å². The number of esters is 1. The molecule has 1 amide bonds. The lowest BCUT2D eigenvalue weighted by Crippen LogP contribution is -2.50. The monoisotopic (exact) mass is 493 g/mol. The lowest BCUT2D eigenvalue weighted by atomic mass is 10.2. The van der Waals surface area contributed by atoms with Crippen LogP contribution in [0.4, 0.5) is 5.82 Å². The molecule has 0 aliphatic heterocycles. The molecule has 0 saturated heterocycles. The number of aryl methyl sites for hydroxylation is 1. The van der Waals surface area contributed by atoms with Gasteiger partial charge >= 0.3 is 5.97 Å². The molecule has 3 N–H and O–H groups in total. The Morgan fingerprint density at radius 1 is 1.26 bits per heavy atom. The molecular formula is C18H21Cl2N3O7S. The summed E-state index contributed by atoms with van der Waals surface area (Å²) in [5.74, 6) is -1.24. The molecule has 0 spiro atoms. The molecule has 0 saturated carbocycles. The fraction of sp³-hybridized carbons (Fsp3) is 0.389. The van der Waals surface area contributed by atoms with Crippen LogP contribution in [0, 0.1) is 6.92 Å². The fourth-order valence-corrected chi connectivity index (χ4v) is 4.04. The Hall–Kier alpha value is -2.18. The molecular weight excluding hydrogens is 473 g/mol. The zero-order chi connectivity index (χ0) is 23.3. The number of aliphatic hydroxyl groups excluding tert-OH is 1. The van der Waals surface area contributed by atoms with E-state index in [9.17, 15) is 23.1 Å². The van der Waals surface area contributed by atoms with Crippen molar-refractivity contribution in [3.8, 4) is 0 Å². The molecule has 31 heavy (non-hydrogen) atoms. The number of carbonyl (C=O) groups is 2. The maximum atomic E-state index is 12.6. The quantitative estimate of drug-likeness (QED) is 0.450. The van der Waals surface area contributed by atoms with E-state index in [1.807, 2.05) is 0 Å². The Kier molecular flexibility index (Phi) is 8.43. The topological polar surface area (TPSA) is 148 Å². The van der Waals surface area contributed by atoms with Gasteiger partial charge < -0.3 is 19.7 Å². The molecule has 1 aromatic heterocycles. The van der Waals surface area contributed by atoms with E-state index < -0.39 is 40.1 Å². The van der Waals surface area contributed by atoms with E-state index in [-0.39, 0.29) is 27.2 Å². The zero-order valence-corrected chi connectivity index (χ0v) is 19.1. The third kappa shape index (κ3) is 6.65. The standard InChI is InChI=1S/C18H21Cl2N3O7S/c1-4-14(17(25)21-15-7-9(2)30-22-15)29-18(26)16(10(3)24)23-31(27,28)11-5-6-12(19)13(20)8-11/h5-8,10,14,16,23-24H,4H2,1-3H3,(H,21,22,25). The van der Waals surface area contributed by atoms with Gasteiger partial charge in [-0.15, -0.1) is 0 Å². The molecule has 0 aliphatic rings. The average molecular weight is 494 g/mol. The number of halogens is 2. The zero-order valence-electron chi connectivity index (χ0n) is 16.8. The number of anilines is 1. The van der Waals surface area contributed by atoms with Crippen LogP contribution in [0.25, 0.3) is 0 Å². The first-order valence-corrected chi connectivity index (χ1v) is 11.3. The molecule has 0 radical (unpaired) electrons. The second-order valence-electron chi connectivity index (χ2n) is 6.56. The summed E-state index contributed by atoms with van der Waals surface area (Å²) in [7, 11) is -4.27. The van der Waals surface area contributed by atoms with Crippen molar-refractivity contribution in [3.05, 3.63) is 40.1 Å². The second kappa shape index (κ2) is 10.4. The molecule has 0 aliphatic carbocycles. The Bertz CT molecular complexity index is 1060. The third-order valence-electron chi connectivity index (χ3n) is 4.02. The summed E-state index contributed by atoms with van der Waals surface area (Å²) < 4.78 is 37.3. The van der Waals surface area contributed by atoms with Crippen molar-refractivity contribution in [3.63, 3.8) is 0 Å². The van der Waals surface area contributed by atoms with Crippen molar-refractivity contribution >= 4 is 50.9 Å². The van der Waals surface area contributed by atoms with E-state index in [1.165, 1.54) is 25.1 Å². The maximum Gasteiger partial charge on any atom is 0.327 e. The van der Waals surface area contributed by atoms with E-state index in [2.05, 4.69) is 15.2 Å². The van der Waals surface area contributed by atoms with Gasteiger partial charge in [0.25, 0.3) is 5.91 Å². The number of carbonyl (C=O) groups excluding carboxylic acids is 2. The average Bonchev–Trinajstić information content (AvgIpc) is 3.10. The van der Waals surface area contributed by atoms with Gasteiger partial charge in [-0.1, -0.05) is 35.3 Å². The summed E-state index contributed by atoms with van der Waals surface area (Å²) in [4.78, 5) is 24.7. The SMILES string of the molecule is CCC(OC(=O)C(NS(=O)(=O)c1ccc(Cl)c(Cl)c1)C(C)O)C(=O)Nc1cc(C)on1. The van der Waals surface area contributed by atoms with E-state index in [0.717, 1.165) is 6.07 Å². The highest BCUT2D eigenvalue weighted by Crippen LogP contribution is 2.25. The first-order chi connectivity index (χ1) is 14.4. The molecule has 170 valence electrons. The number of sulfonamides is 1. The number of aliphatic hydroxyl groups is 1. The number of amides is 1. The predicted octanol–water partition coefficient (Wildman–Crippen LogP) is 2.28. The van der Waals surface area contributed by atoms with Crippen LogP contribution < -0.4 is 10.0 Å². The number of hydrogen-bond acceptors (Lipinski definition) is 8. The van der Waals surface area contributed by atoms with Crippen LogP contribution in [0.2, 0.25) is 10.0 Å². The van der Waals surface area contributed by atoms with Crippen molar-refractivity contribution in [1.29, 1.82) is 0 Å². The molecule has 0 bridgehead atoms. The molecule has 3 unspecified atom stereocenters. The van der Waals surface area contributed by atoms with Crippen molar-refractivity contribution < 1.29 is 32.4 Å². The highest BCUT2D eigenvalue weighted by atomic mass is 35.5. The van der Waals surface area contributed by atoms with Gasteiger partial charge in [0.2, 0.25) is 10.0 Å². The number of hydrogen-bond donors (Lipinski definition) is 3. The summed E-state index contributed by atoms with van der Waals surface area (Å²) >= 11 is 11.6. The number of ether oxygens (including phenoxy) is 1. The highest BCUT2D eigenvalue weighted by Gasteiger charge is 2.34. The Morgan fingerprint density at radius 3 is 2.45 bits per heavy atom. The Morgan fingerprint density at radius 2 is 1.94 bits per heavy atom. The van der Waals surface area contributed by atoms with Gasteiger partial charge in [-0.25, -0.2) is 8.42 Å². The molecule has 10 nitrogen and oxygen atoms in total. The van der Waals surface area contributed by atoms with Gasteiger partial charge in [0, 0.05) is 6.07 Å². The molecule has 0 fully saturated rings. The first-order valence-electron chi connectivity index (χ1n) is 9.04. The molecule has 2 aromatic rings. The van der Waals surface area contributed by atoms with Crippen molar-refractivity contribution in [2.24, 2.45) is 0 Å². The lowest BCUT2D eigenvalue weighted by Gasteiger charge is -2.23. The smallest absolute Gasteiger partial charge is 0.327 e. The van der Waals surface area contributed by atoms with Crippen molar-refractivity contribution in [2.45, 2.75) is 50.3 Å². The summed E-state index contributed by atoms with van der Waals surface area (Å²) in [5, 5.41) is 16.1. The minimum Gasteiger partial charge on any atom is -0.451 e. The summed E-state index contributed by atoms with van der Waals surface area (Å²) in [6.07, 6.45) is -2.65. The molecule has 2 rings (SSSR count). The van der Waals surface area contributed by atoms with Crippen LogP contribution in [0.1, 0.15) is 26.0 Å². The number of benzene rings is 1. The molecule has 3 atom stereocenters. The largest absolute Gasteiger partial charge is 0.451 e. The summed E-state index contributed by atoms with van der Waals surface area (Å²) in [6.45, 7) is 4.42. The normalized spacial score (nSPS) is 14.5. The summed E-state index contributed by atoms with van der Waals surface area (Å²) in [6, 6.07) is 3.34. The number of rotatable bonds is 9. The maximum absolute atomic E-state index is 12.6.